The fourth-order valence-corrected chi connectivity index (χ4v) is 2.84. The number of hydrogen-bond acceptors (Lipinski definition) is 3. The van der Waals surface area contributed by atoms with Crippen molar-refractivity contribution in [1.29, 1.82) is 0 Å². The maximum Gasteiger partial charge on any atom is 0.272 e. The summed E-state index contributed by atoms with van der Waals surface area (Å²) in [5, 5.41) is 7.13. The predicted octanol–water partition coefficient (Wildman–Crippen LogP) is 2.11. The summed E-state index contributed by atoms with van der Waals surface area (Å²) >= 11 is 0. The summed E-state index contributed by atoms with van der Waals surface area (Å²) in [7, 11) is 0. The quantitative estimate of drug-likeness (QED) is 0.899. The highest BCUT2D eigenvalue weighted by Gasteiger charge is 2.27. The van der Waals surface area contributed by atoms with Crippen molar-refractivity contribution in [3.05, 3.63) is 46.8 Å². The molecule has 1 aromatic carbocycles. The Balaban J connectivity index is 1.95. The van der Waals surface area contributed by atoms with Gasteiger partial charge in [0.15, 0.2) is 17.3 Å². The summed E-state index contributed by atoms with van der Waals surface area (Å²) in [5.74, 6) is -2.15. The number of fused-ring (bicyclic) bond motifs is 1. The van der Waals surface area contributed by atoms with Crippen molar-refractivity contribution in [2.45, 2.75) is 38.6 Å². The Hall–Kier alpha value is -2.28. The monoisotopic (exact) mass is 334 g/mol. The second-order valence-electron chi connectivity index (χ2n) is 6.81. The van der Waals surface area contributed by atoms with Crippen LogP contribution in [0.25, 0.3) is 5.69 Å². The van der Waals surface area contributed by atoms with Gasteiger partial charge >= 0.3 is 0 Å². The lowest BCUT2D eigenvalue weighted by Crippen LogP contribution is -2.45. The number of carbonyl (C=O) groups is 1. The Bertz CT molecular complexity index is 793. The minimum absolute atomic E-state index is 0.298. The van der Waals surface area contributed by atoms with Gasteiger partial charge in [-0.05, 0) is 45.2 Å². The topological polar surface area (TPSA) is 72.9 Å². The van der Waals surface area contributed by atoms with Crippen molar-refractivity contribution in [1.82, 2.24) is 15.1 Å². The van der Waals surface area contributed by atoms with Crippen LogP contribution in [0.3, 0.4) is 0 Å². The van der Waals surface area contributed by atoms with Crippen LogP contribution in [0.4, 0.5) is 8.78 Å². The normalized spacial score (nSPS) is 13.9. The number of rotatable bonds is 4. The SMILES string of the molecule is CC(C)(N)CNC(=O)c1nn(-c2ccc(F)c(F)c2)c2c1CCC2. The average molecular weight is 334 g/mol. The van der Waals surface area contributed by atoms with Crippen LogP contribution < -0.4 is 11.1 Å². The van der Waals surface area contributed by atoms with Gasteiger partial charge < -0.3 is 11.1 Å². The number of nitrogens with one attached hydrogen (secondary N) is 1. The molecule has 0 fully saturated rings. The fraction of sp³-hybridized carbons (Fsp3) is 0.412. The molecular weight excluding hydrogens is 314 g/mol. The van der Waals surface area contributed by atoms with Crippen molar-refractivity contribution >= 4 is 5.91 Å². The van der Waals surface area contributed by atoms with Crippen molar-refractivity contribution in [3.63, 3.8) is 0 Å². The van der Waals surface area contributed by atoms with E-state index in [1.807, 2.05) is 13.8 Å². The lowest BCUT2D eigenvalue weighted by molar-refractivity contribution is 0.0939. The average Bonchev–Trinajstić information content (AvgIpc) is 3.09. The van der Waals surface area contributed by atoms with Gasteiger partial charge in [0.25, 0.3) is 5.91 Å². The van der Waals surface area contributed by atoms with E-state index in [9.17, 15) is 13.6 Å². The molecule has 0 spiro atoms. The van der Waals surface area contributed by atoms with E-state index in [0.29, 0.717) is 17.9 Å². The Labute approximate surface area is 138 Å². The lowest BCUT2D eigenvalue weighted by Gasteiger charge is -2.18. The number of carbonyl (C=O) groups excluding carboxylic acids is 1. The van der Waals surface area contributed by atoms with Crippen LogP contribution in [0.1, 0.15) is 42.0 Å². The molecule has 1 aromatic heterocycles. The van der Waals surface area contributed by atoms with Crippen molar-refractivity contribution in [2.75, 3.05) is 6.54 Å². The maximum atomic E-state index is 13.5. The summed E-state index contributed by atoms with van der Waals surface area (Å²) in [6.07, 6.45) is 2.39. The molecule has 0 aliphatic heterocycles. The van der Waals surface area contributed by atoms with E-state index in [0.717, 1.165) is 42.7 Å². The molecule has 1 heterocycles. The van der Waals surface area contributed by atoms with Crippen molar-refractivity contribution in [3.8, 4) is 5.69 Å². The van der Waals surface area contributed by atoms with Gasteiger partial charge in [0.1, 0.15) is 0 Å². The summed E-state index contributed by atoms with van der Waals surface area (Å²) in [5.41, 5.74) is 7.84. The summed E-state index contributed by atoms with van der Waals surface area (Å²) in [6.45, 7) is 3.95. The molecule has 128 valence electrons. The van der Waals surface area contributed by atoms with Gasteiger partial charge in [-0.1, -0.05) is 0 Å². The van der Waals surface area contributed by atoms with E-state index in [4.69, 9.17) is 5.73 Å². The molecule has 1 amide bonds. The van der Waals surface area contributed by atoms with Crippen molar-refractivity contribution < 1.29 is 13.6 Å². The van der Waals surface area contributed by atoms with Gasteiger partial charge in [0.2, 0.25) is 0 Å². The number of amides is 1. The largest absolute Gasteiger partial charge is 0.349 e. The van der Waals surface area contributed by atoms with Gasteiger partial charge in [0, 0.05) is 29.4 Å². The third-order valence-corrected chi connectivity index (χ3v) is 4.00. The zero-order chi connectivity index (χ0) is 17.5. The molecule has 0 saturated carbocycles. The molecule has 0 atom stereocenters. The highest BCUT2D eigenvalue weighted by Crippen LogP contribution is 2.28. The first-order valence-corrected chi connectivity index (χ1v) is 7.89. The molecule has 3 N–H and O–H groups in total. The van der Waals surface area contributed by atoms with Crippen LogP contribution in [0.2, 0.25) is 0 Å². The smallest absolute Gasteiger partial charge is 0.272 e. The molecule has 0 bridgehead atoms. The van der Waals surface area contributed by atoms with Gasteiger partial charge in [-0.3, -0.25) is 4.79 Å². The Kier molecular flexibility index (Phi) is 4.13. The van der Waals surface area contributed by atoms with Crippen molar-refractivity contribution in [2.24, 2.45) is 5.73 Å². The Morgan fingerprint density at radius 3 is 2.75 bits per heavy atom. The molecule has 0 unspecified atom stereocenters. The first-order chi connectivity index (χ1) is 11.3. The molecule has 5 nitrogen and oxygen atoms in total. The van der Waals surface area contributed by atoms with Crippen LogP contribution in [0.5, 0.6) is 0 Å². The van der Waals surface area contributed by atoms with Crippen LogP contribution in [-0.4, -0.2) is 27.8 Å². The Morgan fingerprint density at radius 1 is 1.33 bits per heavy atom. The fourth-order valence-electron chi connectivity index (χ4n) is 2.84. The van der Waals surface area contributed by atoms with E-state index in [2.05, 4.69) is 10.4 Å². The molecular formula is C17H20F2N4O. The first-order valence-electron chi connectivity index (χ1n) is 7.89. The highest BCUT2D eigenvalue weighted by molar-refractivity contribution is 5.94. The second kappa shape index (κ2) is 5.98. The summed E-state index contributed by atoms with van der Waals surface area (Å²) in [6, 6.07) is 3.60. The Morgan fingerprint density at radius 2 is 2.08 bits per heavy atom. The summed E-state index contributed by atoms with van der Waals surface area (Å²) < 4.78 is 28.2. The van der Waals surface area contributed by atoms with E-state index < -0.39 is 17.2 Å². The minimum atomic E-state index is -0.939. The van der Waals surface area contributed by atoms with Gasteiger partial charge in [0.05, 0.1) is 5.69 Å². The number of nitrogens with zero attached hydrogens (tertiary/aromatic N) is 2. The molecule has 1 aliphatic carbocycles. The van der Waals surface area contributed by atoms with Gasteiger partial charge in [-0.25, -0.2) is 13.5 Å². The highest BCUT2D eigenvalue weighted by atomic mass is 19.2. The van der Waals surface area contributed by atoms with Gasteiger partial charge in [-0.2, -0.15) is 5.10 Å². The number of aromatic nitrogens is 2. The summed E-state index contributed by atoms with van der Waals surface area (Å²) in [4.78, 5) is 12.4. The van der Waals surface area contributed by atoms with Crippen LogP contribution in [-0.2, 0) is 12.8 Å². The molecule has 1 aliphatic rings. The molecule has 3 rings (SSSR count). The van der Waals surface area contributed by atoms with Gasteiger partial charge in [-0.15, -0.1) is 0 Å². The first kappa shape index (κ1) is 16.6. The third kappa shape index (κ3) is 3.17. The molecule has 0 saturated heterocycles. The molecule has 24 heavy (non-hydrogen) atoms. The number of nitrogens with two attached hydrogens (primary N) is 1. The lowest BCUT2D eigenvalue weighted by atomic mass is 10.1. The molecule has 2 aromatic rings. The number of hydrogen-bond donors (Lipinski definition) is 2. The number of halogens is 2. The zero-order valence-corrected chi connectivity index (χ0v) is 13.7. The zero-order valence-electron chi connectivity index (χ0n) is 13.7. The van der Waals surface area contributed by atoms with Crippen LogP contribution in [0.15, 0.2) is 18.2 Å². The number of benzene rings is 1. The standard InChI is InChI=1S/C17H20F2N4O/c1-17(2,20)9-21-16(24)15-11-4-3-5-14(11)23(22-15)10-6-7-12(18)13(19)8-10/h6-8H,3-5,9,20H2,1-2H3,(H,21,24). The van der Waals surface area contributed by atoms with Crippen LogP contribution >= 0.6 is 0 Å². The van der Waals surface area contributed by atoms with E-state index in [1.165, 1.54) is 10.7 Å². The maximum absolute atomic E-state index is 13.5. The molecule has 7 heteroatoms. The van der Waals surface area contributed by atoms with E-state index >= 15 is 0 Å². The second-order valence-corrected chi connectivity index (χ2v) is 6.81. The van der Waals surface area contributed by atoms with E-state index in [1.54, 1.807) is 0 Å². The third-order valence-electron chi connectivity index (χ3n) is 4.00. The van der Waals surface area contributed by atoms with Crippen LogP contribution in [0, 0.1) is 11.6 Å². The molecule has 0 radical (unpaired) electrons. The predicted molar refractivity (Wildman–Crippen MR) is 86.1 cm³/mol. The van der Waals surface area contributed by atoms with E-state index in [-0.39, 0.29) is 5.91 Å². The minimum Gasteiger partial charge on any atom is -0.349 e.